The smallest absolute Gasteiger partial charge is 0.326 e. The molecule has 10 heteroatoms. The maximum absolute atomic E-state index is 12.6. The highest BCUT2D eigenvalue weighted by molar-refractivity contribution is 6.42. The molecular formula is C18H22Cl2N2O6. The topological polar surface area (TPSA) is 133 Å². The second kappa shape index (κ2) is 10.9. The van der Waals surface area contributed by atoms with Crippen molar-refractivity contribution in [1.82, 2.24) is 10.6 Å². The fraction of sp³-hybridized carbons (Fsp3) is 0.444. The van der Waals surface area contributed by atoms with E-state index in [1.807, 2.05) is 0 Å². The molecule has 28 heavy (non-hydrogen) atoms. The average Bonchev–Trinajstić information content (AvgIpc) is 2.61. The maximum atomic E-state index is 12.6. The van der Waals surface area contributed by atoms with Crippen molar-refractivity contribution in [3.8, 4) is 0 Å². The van der Waals surface area contributed by atoms with Gasteiger partial charge in [-0.3, -0.25) is 14.4 Å². The zero-order valence-corrected chi connectivity index (χ0v) is 16.8. The van der Waals surface area contributed by atoms with Crippen LogP contribution in [-0.2, 0) is 25.6 Å². The molecule has 0 saturated carbocycles. The molecule has 0 radical (unpaired) electrons. The predicted octanol–water partition coefficient (Wildman–Crippen LogP) is 2.11. The lowest BCUT2D eigenvalue weighted by Gasteiger charge is -2.24. The van der Waals surface area contributed by atoms with Gasteiger partial charge in [-0.05, 0) is 24.0 Å². The first-order valence-electron chi connectivity index (χ1n) is 8.89. The van der Waals surface area contributed by atoms with Crippen LogP contribution in [0.2, 0.25) is 11.5 Å². The van der Waals surface area contributed by atoms with E-state index < -0.39 is 48.2 Å². The molecule has 0 saturated heterocycles. The molecule has 0 unspecified atom stereocenters. The van der Waals surface area contributed by atoms with Crippen LogP contribution in [0.3, 0.4) is 0 Å². The molecule has 0 aromatic heterocycles. The number of halogens is 2. The number of benzene rings is 1. The number of carboxylic acid groups (broad SMARTS) is 2. The Bertz CT molecular complexity index is 790. The second-order valence-corrected chi connectivity index (χ2v) is 7.22. The molecule has 1 aromatic carbocycles. The Morgan fingerprint density at radius 2 is 1.82 bits per heavy atom. The highest BCUT2D eigenvalue weighted by atomic mass is 35.5. The first kappa shape index (κ1) is 22.0. The van der Waals surface area contributed by atoms with Gasteiger partial charge in [-0.1, -0.05) is 49.2 Å². The van der Waals surface area contributed by atoms with Crippen LogP contribution >= 0.6 is 23.2 Å². The van der Waals surface area contributed by atoms with Crippen molar-refractivity contribution >= 4 is 47.0 Å². The summed E-state index contributed by atoms with van der Waals surface area (Å²) in [6.45, 7) is 3.19. The van der Waals surface area contributed by atoms with E-state index in [2.05, 4.69) is 5.32 Å². The third kappa shape index (κ3) is 7.36. The number of rotatable bonds is 10. The summed E-state index contributed by atoms with van der Waals surface area (Å²) in [5.74, 6) is -4.73. The van der Waals surface area contributed by atoms with Gasteiger partial charge in [0.05, 0.1) is 16.5 Å². The molecule has 4 N–H and O–H groups in total. The van der Waals surface area contributed by atoms with Gasteiger partial charge in [-0.15, -0.1) is 0 Å². The van der Waals surface area contributed by atoms with Crippen LogP contribution in [0.4, 0.5) is 0 Å². The number of carbonyl (C=O) groups excluding carboxylic acids is 2. The molecule has 8 nitrogen and oxygen atoms in total. The summed E-state index contributed by atoms with van der Waals surface area (Å²) in [6.07, 6.45) is -1.06. The number of carbonyl (C=O) groups is 4. The van der Waals surface area contributed by atoms with E-state index in [0.29, 0.717) is 10.9 Å². The largest absolute Gasteiger partial charge is 0.481 e. The molecule has 0 aliphatic carbocycles. The lowest BCUT2D eigenvalue weighted by molar-refractivity contribution is -0.143. The number of aliphatic carboxylic acids is 2. The van der Waals surface area contributed by atoms with Crippen LogP contribution in [-0.4, -0.2) is 46.0 Å². The zero-order valence-electron chi connectivity index (χ0n) is 16.3. The van der Waals surface area contributed by atoms with Crippen molar-refractivity contribution in [3.05, 3.63) is 33.8 Å². The van der Waals surface area contributed by atoms with Crippen LogP contribution in [0.25, 0.3) is 0 Å². The Labute approximate surface area is 173 Å². The van der Waals surface area contributed by atoms with Crippen LogP contribution in [0.1, 0.15) is 32.3 Å². The third-order valence-electron chi connectivity index (χ3n) is 3.82. The van der Waals surface area contributed by atoms with Gasteiger partial charge in [0, 0.05) is 6.42 Å². The van der Waals surface area contributed by atoms with Gasteiger partial charge in [0.25, 0.3) is 0 Å². The van der Waals surface area contributed by atoms with E-state index in [0.717, 1.165) is 0 Å². The summed E-state index contributed by atoms with van der Waals surface area (Å²) >= 11 is 12.0. The van der Waals surface area contributed by atoms with Crippen LogP contribution in [0.15, 0.2) is 18.2 Å². The summed E-state index contributed by atoms with van der Waals surface area (Å²) in [7, 11) is 0. The Morgan fingerprint density at radius 3 is 2.36 bits per heavy atom. The number of hydrogen-bond acceptors (Lipinski definition) is 4. The second-order valence-electron chi connectivity index (χ2n) is 6.43. The summed E-state index contributed by atoms with van der Waals surface area (Å²) in [5.41, 5.74) is 0.384. The molecule has 0 fully saturated rings. The quantitative estimate of drug-likeness (QED) is 0.446. The SMILES string of the molecule is [2H]N(C(=O)Cc1cccc(Cl)c1Cl)[C@H](C(=O)N[C@@H](CCC(=O)O)C(=O)O)C(C)C. The molecule has 2 amide bonds. The number of nitrogens with one attached hydrogen (secondary N) is 2. The monoisotopic (exact) mass is 433 g/mol. The minimum atomic E-state index is -1.45. The molecular weight excluding hydrogens is 411 g/mol. The number of carboxylic acids is 2. The van der Waals surface area contributed by atoms with Gasteiger partial charge in [0.15, 0.2) is 1.41 Å². The molecule has 154 valence electrons. The van der Waals surface area contributed by atoms with Crippen molar-refractivity contribution < 1.29 is 30.8 Å². The lowest BCUT2D eigenvalue weighted by Crippen LogP contribution is -2.54. The molecule has 1 rings (SSSR count). The molecule has 0 bridgehead atoms. The minimum absolute atomic E-state index is 0.168. The van der Waals surface area contributed by atoms with Gasteiger partial charge >= 0.3 is 11.9 Å². The summed E-state index contributed by atoms with van der Waals surface area (Å²) in [4.78, 5) is 47.1. The zero-order chi connectivity index (χ0) is 22.3. The van der Waals surface area contributed by atoms with E-state index in [1.165, 1.54) is 0 Å². The fourth-order valence-electron chi connectivity index (χ4n) is 2.34. The third-order valence-corrected chi connectivity index (χ3v) is 4.68. The van der Waals surface area contributed by atoms with E-state index >= 15 is 0 Å². The average molecular weight is 434 g/mol. The summed E-state index contributed by atoms with van der Waals surface area (Å²) in [6, 6.07) is 1.97. The van der Waals surface area contributed by atoms with Crippen molar-refractivity contribution in [3.63, 3.8) is 0 Å². The number of amides is 2. The van der Waals surface area contributed by atoms with Gasteiger partial charge in [-0.2, -0.15) is 0 Å². The molecule has 2 atom stereocenters. The van der Waals surface area contributed by atoms with Crippen molar-refractivity contribution in [2.75, 3.05) is 0 Å². The fourth-order valence-corrected chi connectivity index (χ4v) is 2.73. The lowest BCUT2D eigenvalue weighted by atomic mass is 10.0. The normalized spacial score (nSPS) is 13.4. The molecule has 0 aliphatic heterocycles. The number of hydrogen-bond donors (Lipinski definition) is 4. The Morgan fingerprint density at radius 1 is 1.18 bits per heavy atom. The van der Waals surface area contributed by atoms with Gasteiger partial charge in [0.1, 0.15) is 12.1 Å². The first-order chi connectivity index (χ1) is 13.5. The van der Waals surface area contributed by atoms with Gasteiger partial charge in [-0.25, -0.2) is 4.79 Å². The summed E-state index contributed by atoms with van der Waals surface area (Å²) < 4.78 is 8.10. The van der Waals surface area contributed by atoms with Crippen molar-refractivity contribution in [1.29, 1.82) is 0 Å². The predicted molar refractivity (Wildman–Crippen MR) is 103 cm³/mol. The van der Waals surface area contributed by atoms with E-state index in [1.54, 1.807) is 32.0 Å². The van der Waals surface area contributed by atoms with E-state index in [4.69, 9.17) is 29.7 Å². The van der Waals surface area contributed by atoms with E-state index in [9.17, 15) is 24.3 Å². The molecule has 0 aliphatic rings. The maximum Gasteiger partial charge on any atom is 0.326 e. The Hall–Kier alpha value is -2.32. The molecule has 0 spiro atoms. The van der Waals surface area contributed by atoms with Gasteiger partial charge in [0.2, 0.25) is 11.8 Å². The van der Waals surface area contributed by atoms with Gasteiger partial charge < -0.3 is 20.8 Å². The first-order valence-corrected chi connectivity index (χ1v) is 9.20. The minimum Gasteiger partial charge on any atom is -0.481 e. The van der Waals surface area contributed by atoms with Crippen molar-refractivity contribution in [2.45, 2.75) is 45.2 Å². The summed E-state index contributed by atoms with van der Waals surface area (Å²) in [5, 5.41) is 21.0. The standard InChI is InChI=1S/C18H22Cl2N2O6/c1-9(2)16(17(26)21-12(18(27)28)6-7-14(24)25)22-13(23)8-10-4-3-5-11(19)15(10)20/h3-5,9,12,16H,6-8H2,1-2H3,(H,21,26)(H,22,23)(H,24,25)(H,27,28)/t12-,16-/m0/s1/i/hD. The van der Waals surface area contributed by atoms with Crippen LogP contribution in [0, 0.1) is 5.92 Å². The van der Waals surface area contributed by atoms with Crippen LogP contribution < -0.4 is 10.6 Å². The molecule has 1 aromatic rings. The van der Waals surface area contributed by atoms with Crippen molar-refractivity contribution in [2.24, 2.45) is 5.92 Å². The Kier molecular flexibility index (Phi) is 8.53. The van der Waals surface area contributed by atoms with Crippen LogP contribution in [0.5, 0.6) is 0 Å². The highest BCUT2D eigenvalue weighted by Crippen LogP contribution is 2.25. The Balaban J connectivity index is 2.94. The highest BCUT2D eigenvalue weighted by Gasteiger charge is 2.29. The molecule has 0 heterocycles. The van der Waals surface area contributed by atoms with E-state index in [-0.39, 0.29) is 22.9 Å².